The molecule has 0 amide bonds. The average molecular weight is 471 g/mol. The van der Waals surface area contributed by atoms with E-state index in [4.69, 9.17) is 26.4 Å². The van der Waals surface area contributed by atoms with Crippen LogP contribution in [-0.4, -0.2) is 35.9 Å². The topological polar surface area (TPSA) is 78.4 Å². The van der Waals surface area contributed by atoms with Crippen molar-refractivity contribution in [3.05, 3.63) is 69.2 Å². The maximum Gasteiger partial charge on any atom is 0.264 e. The number of nitrogens with one attached hydrogen (secondary N) is 1. The van der Waals surface area contributed by atoms with Crippen LogP contribution in [0.4, 0.5) is 8.78 Å². The first-order valence-corrected chi connectivity index (χ1v) is 10.1. The van der Waals surface area contributed by atoms with Crippen molar-refractivity contribution < 1.29 is 23.0 Å². The number of halogens is 2. The van der Waals surface area contributed by atoms with E-state index in [1.807, 2.05) is 0 Å². The smallest absolute Gasteiger partial charge is 0.264 e. The Hall–Kier alpha value is -3.79. The molecule has 0 unspecified atom stereocenters. The van der Waals surface area contributed by atoms with Gasteiger partial charge in [-0.3, -0.25) is 14.3 Å². The lowest BCUT2D eigenvalue weighted by Crippen LogP contribution is -2.17. The highest BCUT2D eigenvalue weighted by molar-refractivity contribution is 7.71. The Balaban J connectivity index is 2.13. The number of ether oxygens (including phenoxy) is 3. The summed E-state index contributed by atoms with van der Waals surface area (Å²) in [7, 11) is 4.44. The second-order valence-corrected chi connectivity index (χ2v) is 7.32. The number of fused-ring (bicyclic) bond motifs is 1. The van der Waals surface area contributed by atoms with E-state index in [1.165, 1.54) is 32.0 Å². The lowest BCUT2D eigenvalue weighted by molar-refractivity contribution is 0.153. The van der Waals surface area contributed by atoms with Crippen LogP contribution in [0.25, 0.3) is 28.0 Å². The molecule has 0 aliphatic rings. The van der Waals surface area contributed by atoms with E-state index in [2.05, 4.69) is 9.97 Å². The van der Waals surface area contributed by atoms with E-state index in [1.54, 1.807) is 42.5 Å². The number of para-hydroxylation sites is 2. The van der Waals surface area contributed by atoms with Crippen LogP contribution >= 0.6 is 12.2 Å². The first-order chi connectivity index (χ1) is 15.9. The van der Waals surface area contributed by atoms with Gasteiger partial charge in [-0.15, -0.1) is 0 Å². The predicted octanol–water partition coefficient (Wildman–Crippen LogP) is 5.07. The number of methoxy groups -OCH3 is 3. The van der Waals surface area contributed by atoms with Crippen molar-refractivity contribution in [1.82, 2.24) is 14.5 Å². The molecule has 4 aromatic rings. The fraction of sp³-hybridized carbons (Fsp3) is 0.174. The van der Waals surface area contributed by atoms with Gasteiger partial charge in [-0.25, -0.2) is 13.8 Å². The van der Waals surface area contributed by atoms with Gasteiger partial charge in [0.2, 0.25) is 0 Å². The third kappa shape index (κ3) is 3.93. The maximum atomic E-state index is 14.1. The van der Waals surface area contributed by atoms with Crippen LogP contribution in [-0.2, 0) is 0 Å². The monoisotopic (exact) mass is 471 g/mol. The van der Waals surface area contributed by atoms with Crippen LogP contribution in [0, 0.1) is 4.77 Å². The highest BCUT2D eigenvalue weighted by Crippen LogP contribution is 2.35. The van der Waals surface area contributed by atoms with Crippen molar-refractivity contribution in [2.75, 3.05) is 21.3 Å². The fourth-order valence-corrected chi connectivity index (χ4v) is 3.89. The van der Waals surface area contributed by atoms with Gasteiger partial charge in [-0.05, 0) is 48.6 Å². The Bertz CT molecular complexity index is 1470. The Labute approximate surface area is 192 Å². The third-order valence-electron chi connectivity index (χ3n) is 5.13. The molecule has 2 heterocycles. The van der Waals surface area contributed by atoms with Crippen molar-refractivity contribution in [3.8, 4) is 34.2 Å². The summed E-state index contributed by atoms with van der Waals surface area (Å²) < 4.78 is 45.7. The van der Waals surface area contributed by atoms with E-state index >= 15 is 0 Å². The Morgan fingerprint density at radius 1 is 0.970 bits per heavy atom. The van der Waals surface area contributed by atoms with Crippen molar-refractivity contribution in [2.45, 2.75) is 6.43 Å². The van der Waals surface area contributed by atoms with E-state index in [0.717, 1.165) is 0 Å². The number of nitrogens with zero attached hydrogens (tertiary/aromatic N) is 2. The second-order valence-electron chi connectivity index (χ2n) is 6.93. The van der Waals surface area contributed by atoms with Crippen molar-refractivity contribution >= 4 is 23.3 Å². The molecule has 7 nitrogen and oxygen atoms in total. The maximum absolute atomic E-state index is 14.1. The standard InChI is InChI=1S/C23H19F2N3O4S/c1-30-16-7-5-4-6-15(16)28-21-19(22(29)27-23(28)33)13(20(24)25)11-14(26-21)12-8-9-17(31-2)18(10-12)32-3/h4-11,20H,1-3H3,(H,27,29,33). The SMILES string of the molecule is COc1ccc(-c2cc(C(F)F)c3c(=O)[nH]c(=S)n(-c4ccccc4OC)c3n2)cc1OC. The third-order valence-corrected chi connectivity index (χ3v) is 5.42. The van der Waals surface area contributed by atoms with Crippen LogP contribution < -0.4 is 19.8 Å². The molecule has 4 rings (SSSR count). The number of hydrogen-bond acceptors (Lipinski definition) is 6. The molecule has 2 aromatic carbocycles. The molecule has 0 aliphatic carbocycles. The van der Waals surface area contributed by atoms with E-state index in [0.29, 0.717) is 28.5 Å². The van der Waals surface area contributed by atoms with Crippen molar-refractivity contribution in [2.24, 2.45) is 0 Å². The summed E-state index contributed by atoms with van der Waals surface area (Å²) in [4.78, 5) is 19.8. The summed E-state index contributed by atoms with van der Waals surface area (Å²) in [5.74, 6) is 1.31. The molecule has 1 N–H and O–H groups in total. The number of aromatic amines is 1. The van der Waals surface area contributed by atoms with Crippen LogP contribution in [0.2, 0.25) is 0 Å². The normalized spacial score (nSPS) is 11.1. The lowest BCUT2D eigenvalue weighted by Gasteiger charge is -2.16. The molecule has 33 heavy (non-hydrogen) atoms. The van der Waals surface area contributed by atoms with Crippen molar-refractivity contribution in [3.63, 3.8) is 0 Å². The van der Waals surface area contributed by atoms with E-state index < -0.39 is 17.5 Å². The van der Waals surface area contributed by atoms with E-state index in [9.17, 15) is 13.6 Å². The number of H-pyrrole nitrogens is 1. The minimum absolute atomic E-state index is 0.00539. The minimum Gasteiger partial charge on any atom is -0.495 e. The molecule has 170 valence electrons. The molecule has 0 aliphatic heterocycles. The Kier molecular flexibility index (Phi) is 6.10. The molecule has 0 saturated heterocycles. The molecule has 0 saturated carbocycles. The summed E-state index contributed by atoms with van der Waals surface area (Å²) in [6.45, 7) is 0. The van der Waals surface area contributed by atoms with Gasteiger partial charge in [0.25, 0.3) is 12.0 Å². The zero-order valence-corrected chi connectivity index (χ0v) is 18.7. The van der Waals surface area contributed by atoms with Crippen molar-refractivity contribution in [1.29, 1.82) is 0 Å². The van der Waals surface area contributed by atoms with Gasteiger partial charge < -0.3 is 14.2 Å². The second kappa shape index (κ2) is 8.99. The first-order valence-electron chi connectivity index (χ1n) is 9.73. The van der Waals surface area contributed by atoms with Gasteiger partial charge in [0.1, 0.15) is 5.75 Å². The zero-order valence-electron chi connectivity index (χ0n) is 17.9. The molecule has 0 atom stereocenters. The summed E-state index contributed by atoms with van der Waals surface area (Å²) in [6.07, 6.45) is -2.93. The van der Waals surface area contributed by atoms with Crippen LogP contribution in [0.15, 0.2) is 53.3 Å². The molecule has 0 bridgehead atoms. The molecule has 0 fully saturated rings. The number of pyridine rings is 1. The summed E-state index contributed by atoms with van der Waals surface area (Å²) in [6, 6.07) is 13.0. The minimum atomic E-state index is -2.93. The summed E-state index contributed by atoms with van der Waals surface area (Å²) >= 11 is 5.39. The zero-order chi connectivity index (χ0) is 23.7. The first kappa shape index (κ1) is 22.4. The van der Waals surface area contributed by atoms with Gasteiger partial charge >= 0.3 is 0 Å². The number of alkyl halides is 2. The largest absolute Gasteiger partial charge is 0.495 e. The average Bonchev–Trinajstić information content (AvgIpc) is 2.82. The number of hydrogen-bond donors (Lipinski definition) is 1. The van der Waals surface area contributed by atoms with Crippen LogP contribution in [0.5, 0.6) is 17.2 Å². The molecular formula is C23H19F2N3O4S. The molecule has 0 spiro atoms. The predicted molar refractivity (Wildman–Crippen MR) is 123 cm³/mol. The van der Waals surface area contributed by atoms with E-state index in [-0.39, 0.29) is 21.5 Å². The van der Waals surface area contributed by atoms with Gasteiger partial charge in [-0.2, -0.15) is 0 Å². The lowest BCUT2D eigenvalue weighted by atomic mass is 10.1. The van der Waals surface area contributed by atoms with Crippen LogP contribution in [0.1, 0.15) is 12.0 Å². The van der Waals surface area contributed by atoms with Gasteiger partial charge in [0.05, 0.1) is 38.1 Å². The van der Waals surface area contributed by atoms with Gasteiger partial charge in [0.15, 0.2) is 21.9 Å². The number of rotatable bonds is 6. The molecule has 10 heteroatoms. The number of aromatic nitrogens is 3. The quantitative estimate of drug-likeness (QED) is 0.396. The number of benzene rings is 2. The van der Waals surface area contributed by atoms with Gasteiger partial charge in [-0.1, -0.05) is 12.1 Å². The Morgan fingerprint density at radius 2 is 1.67 bits per heavy atom. The summed E-state index contributed by atoms with van der Waals surface area (Å²) in [5, 5.41) is -0.256. The van der Waals surface area contributed by atoms with Crippen LogP contribution in [0.3, 0.4) is 0 Å². The summed E-state index contributed by atoms with van der Waals surface area (Å²) in [5.41, 5.74) is -0.0802. The Morgan fingerprint density at radius 3 is 2.33 bits per heavy atom. The highest BCUT2D eigenvalue weighted by Gasteiger charge is 2.22. The molecule has 0 radical (unpaired) electrons. The highest BCUT2D eigenvalue weighted by atomic mass is 32.1. The molecular weight excluding hydrogens is 452 g/mol. The molecule has 2 aromatic heterocycles. The van der Waals surface area contributed by atoms with Gasteiger partial charge in [0, 0.05) is 11.1 Å². The fourth-order valence-electron chi connectivity index (χ4n) is 3.61.